The number of pyridine rings is 1. The lowest BCUT2D eigenvalue weighted by Gasteiger charge is -2.08. The molecule has 0 aromatic carbocycles. The second-order valence-electron chi connectivity index (χ2n) is 4.74. The lowest BCUT2D eigenvalue weighted by molar-refractivity contribution is 0.0761. The average molecular weight is 321 g/mol. The van der Waals surface area contributed by atoms with Gasteiger partial charge in [-0.25, -0.2) is 4.98 Å². The van der Waals surface area contributed by atoms with Crippen LogP contribution >= 0.6 is 11.3 Å². The molecule has 2 rings (SSSR count). The van der Waals surface area contributed by atoms with Crippen molar-refractivity contribution >= 4 is 17.2 Å². The second-order valence-corrected chi connectivity index (χ2v) is 5.63. The minimum absolute atomic E-state index is 0.0577. The topological polar surface area (TPSA) is 73.2 Å². The Morgan fingerprint density at radius 2 is 2.27 bits per heavy atom. The number of ether oxygens (including phenoxy) is 1. The highest BCUT2D eigenvalue weighted by molar-refractivity contribution is 7.09. The molecule has 0 bridgehead atoms. The van der Waals surface area contributed by atoms with E-state index in [0.29, 0.717) is 18.7 Å². The first-order valence-electron chi connectivity index (χ1n) is 7.03. The molecular formula is C15H19N3O3S. The normalized spacial score (nSPS) is 12.1. The molecule has 0 aliphatic carbocycles. The lowest BCUT2D eigenvalue weighted by atomic mass is 10.2. The first-order valence-corrected chi connectivity index (χ1v) is 7.91. The number of amides is 1. The van der Waals surface area contributed by atoms with Crippen LogP contribution in [-0.4, -0.2) is 29.1 Å². The van der Waals surface area contributed by atoms with Gasteiger partial charge in [0, 0.05) is 31.3 Å². The molecule has 22 heavy (non-hydrogen) atoms. The van der Waals surface area contributed by atoms with Crippen molar-refractivity contribution in [1.29, 1.82) is 0 Å². The molecule has 0 spiro atoms. The zero-order chi connectivity index (χ0) is 16.1. The van der Waals surface area contributed by atoms with Crippen LogP contribution in [0, 0.1) is 0 Å². The Hall–Kier alpha value is -1.99. The Balaban J connectivity index is 2.20. The number of carbonyl (C=O) groups excluding carboxylic acids is 1. The lowest BCUT2D eigenvalue weighted by Crippen LogP contribution is -2.24. The Morgan fingerprint density at radius 3 is 2.95 bits per heavy atom. The van der Waals surface area contributed by atoms with Gasteiger partial charge in [0.15, 0.2) is 0 Å². The van der Waals surface area contributed by atoms with Crippen molar-refractivity contribution in [3.8, 4) is 0 Å². The summed E-state index contributed by atoms with van der Waals surface area (Å²) in [6.45, 7) is 4.85. The average Bonchev–Trinajstić information content (AvgIpc) is 2.97. The molecule has 0 saturated carbocycles. The van der Waals surface area contributed by atoms with Crippen molar-refractivity contribution in [1.82, 2.24) is 14.9 Å². The molecule has 118 valence electrons. The minimum Gasteiger partial charge on any atom is -0.372 e. The van der Waals surface area contributed by atoms with Gasteiger partial charge in [0.05, 0.1) is 17.8 Å². The van der Waals surface area contributed by atoms with Gasteiger partial charge >= 0.3 is 0 Å². The Kier molecular flexibility index (Phi) is 5.46. The molecule has 2 aromatic rings. The highest BCUT2D eigenvalue weighted by Crippen LogP contribution is 2.21. The van der Waals surface area contributed by atoms with Crippen LogP contribution < -0.4 is 10.9 Å². The predicted octanol–water partition coefficient (Wildman–Crippen LogP) is 1.81. The highest BCUT2D eigenvalue weighted by Gasteiger charge is 2.12. The smallest absolute Gasteiger partial charge is 0.252 e. The van der Waals surface area contributed by atoms with Crippen LogP contribution in [0.15, 0.2) is 28.5 Å². The van der Waals surface area contributed by atoms with Crippen molar-refractivity contribution in [2.75, 3.05) is 13.7 Å². The second kappa shape index (κ2) is 7.33. The van der Waals surface area contributed by atoms with Crippen LogP contribution in [0.2, 0.25) is 0 Å². The largest absolute Gasteiger partial charge is 0.372 e. The summed E-state index contributed by atoms with van der Waals surface area (Å²) in [4.78, 5) is 28.0. The molecule has 6 nitrogen and oxygen atoms in total. The van der Waals surface area contributed by atoms with E-state index in [1.807, 2.05) is 19.2 Å². The van der Waals surface area contributed by atoms with Crippen molar-refractivity contribution in [2.45, 2.75) is 26.5 Å². The highest BCUT2D eigenvalue weighted by atomic mass is 32.1. The monoisotopic (exact) mass is 321 g/mol. The van der Waals surface area contributed by atoms with Crippen LogP contribution in [0.25, 0.3) is 0 Å². The molecule has 1 N–H and O–H groups in total. The van der Waals surface area contributed by atoms with Crippen LogP contribution in [0.1, 0.15) is 41.0 Å². The van der Waals surface area contributed by atoms with Crippen LogP contribution in [0.5, 0.6) is 0 Å². The number of hydrogen-bond donors (Lipinski definition) is 1. The molecule has 7 heteroatoms. The van der Waals surface area contributed by atoms with E-state index in [2.05, 4.69) is 10.3 Å². The number of thiazole rings is 1. The maximum Gasteiger partial charge on any atom is 0.252 e. The molecular weight excluding hydrogens is 302 g/mol. The van der Waals surface area contributed by atoms with Gasteiger partial charge in [-0.15, -0.1) is 11.3 Å². The molecule has 1 amide bonds. The first kappa shape index (κ1) is 16.4. The number of nitrogens with one attached hydrogen (secondary N) is 1. The molecule has 0 aliphatic rings. The third-order valence-electron chi connectivity index (χ3n) is 3.14. The fourth-order valence-corrected chi connectivity index (χ4v) is 2.83. The van der Waals surface area contributed by atoms with E-state index in [0.717, 1.165) is 10.7 Å². The Morgan fingerprint density at radius 1 is 1.50 bits per heavy atom. The van der Waals surface area contributed by atoms with Gasteiger partial charge in [0.25, 0.3) is 11.5 Å². The van der Waals surface area contributed by atoms with E-state index in [4.69, 9.17) is 4.74 Å². The summed E-state index contributed by atoms with van der Waals surface area (Å²) in [5.74, 6) is -0.224. The summed E-state index contributed by atoms with van der Waals surface area (Å²) < 4.78 is 6.99. The molecule has 0 aliphatic heterocycles. The molecule has 1 atom stereocenters. The number of nitrogens with zero attached hydrogens (tertiary/aromatic N) is 2. The van der Waals surface area contributed by atoms with Gasteiger partial charge < -0.3 is 14.6 Å². The van der Waals surface area contributed by atoms with Crippen LogP contribution in [0.3, 0.4) is 0 Å². The predicted molar refractivity (Wildman–Crippen MR) is 85.3 cm³/mol. The molecule has 2 heterocycles. The fraction of sp³-hybridized carbons (Fsp3) is 0.400. The van der Waals surface area contributed by atoms with E-state index in [1.165, 1.54) is 28.0 Å². The third kappa shape index (κ3) is 3.80. The summed E-state index contributed by atoms with van der Waals surface area (Å²) in [5.41, 5.74) is 1.06. The number of carbonyl (C=O) groups is 1. The van der Waals surface area contributed by atoms with Crippen molar-refractivity contribution in [3.05, 3.63) is 50.3 Å². The van der Waals surface area contributed by atoms with Gasteiger partial charge in [-0.2, -0.15) is 0 Å². The zero-order valence-corrected chi connectivity index (χ0v) is 13.6. The van der Waals surface area contributed by atoms with Crippen molar-refractivity contribution in [2.24, 2.45) is 0 Å². The third-order valence-corrected chi connectivity index (χ3v) is 4.19. The molecule has 0 radical (unpaired) electrons. The van der Waals surface area contributed by atoms with E-state index >= 15 is 0 Å². The quantitative estimate of drug-likeness (QED) is 0.880. The standard InChI is InChI=1S/C15H19N3O3S/c1-4-21-10(2)15-17-12(9-22-15)8-18-7-11(14(20)16-3)5-6-13(18)19/h5-7,9-10H,4,8H2,1-3H3,(H,16,20)/t10-/m1/s1. The summed E-state index contributed by atoms with van der Waals surface area (Å²) >= 11 is 1.51. The molecule has 0 saturated heterocycles. The fourth-order valence-electron chi connectivity index (χ4n) is 2.01. The maximum absolute atomic E-state index is 11.9. The molecule has 2 aromatic heterocycles. The Labute approximate surface area is 132 Å². The van der Waals surface area contributed by atoms with E-state index < -0.39 is 0 Å². The van der Waals surface area contributed by atoms with Gasteiger partial charge in [-0.3, -0.25) is 9.59 Å². The van der Waals surface area contributed by atoms with E-state index in [-0.39, 0.29) is 17.6 Å². The van der Waals surface area contributed by atoms with Gasteiger partial charge in [-0.1, -0.05) is 0 Å². The van der Waals surface area contributed by atoms with Gasteiger partial charge in [0.1, 0.15) is 11.1 Å². The zero-order valence-electron chi connectivity index (χ0n) is 12.8. The van der Waals surface area contributed by atoms with Crippen LogP contribution in [0.4, 0.5) is 0 Å². The van der Waals surface area contributed by atoms with Gasteiger partial charge in [0.2, 0.25) is 0 Å². The summed E-state index contributed by atoms with van der Waals surface area (Å²) in [7, 11) is 1.56. The van der Waals surface area contributed by atoms with Gasteiger partial charge in [-0.05, 0) is 19.9 Å². The minimum atomic E-state index is -0.224. The number of rotatable bonds is 6. The summed E-state index contributed by atoms with van der Waals surface area (Å²) in [5, 5.41) is 5.33. The van der Waals surface area contributed by atoms with Crippen molar-refractivity contribution in [3.63, 3.8) is 0 Å². The Bertz CT molecular complexity index is 708. The summed E-state index contributed by atoms with van der Waals surface area (Å²) in [6.07, 6.45) is 1.49. The molecule has 0 fully saturated rings. The maximum atomic E-state index is 11.9. The van der Waals surface area contributed by atoms with E-state index in [1.54, 1.807) is 13.2 Å². The number of aromatic nitrogens is 2. The van der Waals surface area contributed by atoms with Crippen LogP contribution in [-0.2, 0) is 11.3 Å². The molecule has 0 unspecified atom stereocenters. The summed E-state index contributed by atoms with van der Waals surface area (Å²) in [6, 6.07) is 2.90. The van der Waals surface area contributed by atoms with Crippen molar-refractivity contribution < 1.29 is 9.53 Å². The first-order chi connectivity index (χ1) is 10.5. The number of hydrogen-bond acceptors (Lipinski definition) is 5. The SMILES string of the molecule is CCO[C@H](C)c1nc(Cn2cc(C(=O)NC)ccc2=O)cs1. The van der Waals surface area contributed by atoms with E-state index in [9.17, 15) is 9.59 Å².